The normalized spacial score (nSPS) is 12.4. The number of hydrogen-bond acceptors (Lipinski definition) is 4. The van der Waals surface area contributed by atoms with E-state index in [0.29, 0.717) is 30.3 Å². The lowest BCUT2D eigenvalue weighted by Gasteiger charge is -2.14. The molecule has 0 aliphatic carbocycles. The summed E-state index contributed by atoms with van der Waals surface area (Å²) < 4.78 is 0. The molecule has 0 spiro atoms. The van der Waals surface area contributed by atoms with Gasteiger partial charge in [0.25, 0.3) is 5.91 Å². The van der Waals surface area contributed by atoms with Gasteiger partial charge in [0.2, 0.25) is 0 Å². The van der Waals surface area contributed by atoms with Crippen molar-refractivity contribution in [1.82, 2.24) is 25.3 Å². The van der Waals surface area contributed by atoms with Crippen LogP contribution >= 0.6 is 0 Å². The summed E-state index contributed by atoms with van der Waals surface area (Å²) in [6.07, 6.45) is 3.09. The molecular weight excluding hydrogens is 294 g/mol. The van der Waals surface area contributed by atoms with E-state index in [4.69, 9.17) is 0 Å². The average molecular weight is 317 g/mol. The SMILES string of the molecule is CC[C@@H](NC(=O)c1cc(CC(C)C)[nH]c(=O)n1)c1ncc(C)[nH]1. The lowest BCUT2D eigenvalue weighted by atomic mass is 10.1. The molecule has 1 amide bonds. The molecule has 0 fully saturated rings. The summed E-state index contributed by atoms with van der Waals surface area (Å²) in [5, 5.41) is 2.87. The molecule has 2 rings (SSSR count). The zero-order chi connectivity index (χ0) is 17.0. The molecule has 0 aliphatic rings. The van der Waals surface area contributed by atoms with Crippen LogP contribution in [0.1, 0.15) is 60.9 Å². The third-order valence-electron chi connectivity index (χ3n) is 3.43. The first-order valence-corrected chi connectivity index (χ1v) is 7.81. The third-order valence-corrected chi connectivity index (χ3v) is 3.43. The van der Waals surface area contributed by atoms with Gasteiger partial charge in [-0.25, -0.2) is 9.78 Å². The Bertz CT molecular complexity index is 732. The van der Waals surface area contributed by atoms with E-state index in [1.165, 1.54) is 0 Å². The number of rotatable bonds is 6. The minimum Gasteiger partial charge on any atom is -0.344 e. The Kier molecular flexibility index (Phi) is 5.31. The van der Waals surface area contributed by atoms with Gasteiger partial charge in [0.05, 0.1) is 6.04 Å². The van der Waals surface area contributed by atoms with Gasteiger partial charge in [-0.05, 0) is 31.7 Å². The summed E-state index contributed by atoms with van der Waals surface area (Å²) in [7, 11) is 0. The van der Waals surface area contributed by atoms with Crippen LogP contribution in [0, 0.1) is 12.8 Å². The number of carbonyl (C=O) groups excluding carboxylic acids is 1. The van der Waals surface area contributed by atoms with Crippen molar-refractivity contribution in [3.05, 3.63) is 45.7 Å². The van der Waals surface area contributed by atoms with Crippen LogP contribution in [-0.2, 0) is 6.42 Å². The molecule has 0 saturated carbocycles. The maximum absolute atomic E-state index is 12.4. The van der Waals surface area contributed by atoms with Crippen molar-refractivity contribution < 1.29 is 4.79 Å². The predicted octanol–water partition coefficient (Wildman–Crippen LogP) is 1.88. The Balaban J connectivity index is 2.19. The van der Waals surface area contributed by atoms with E-state index in [-0.39, 0.29) is 17.6 Å². The summed E-state index contributed by atoms with van der Waals surface area (Å²) in [6.45, 7) is 7.95. The molecule has 23 heavy (non-hydrogen) atoms. The predicted molar refractivity (Wildman–Crippen MR) is 87.2 cm³/mol. The van der Waals surface area contributed by atoms with Crippen molar-refractivity contribution in [3.63, 3.8) is 0 Å². The number of aromatic amines is 2. The molecule has 1 atom stereocenters. The van der Waals surface area contributed by atoms with Crippen molar-refractivity contribution in [1.29, 1.82) is 0 Å². The van der Waals surface area contributed by atoms with Crippen LogP contribution in [0.25, 0.3) is 0 Å². The fourth-order valence-corrected chi connectivity index (χ4v) is 2.38. The fraction of sp³-hybridized carbons (Fsp3) is 0.500. The summed E-state index contributed by atoms with van der Waals surface area (Å²) in [5.74, 6) is 0.700. The minimum atomic E-state index is -0.504. The maximum atomic E-state index is 12.4. The Labute approximate surface area is 135 Å². The van der Waals surface area contributed by atoms with E-state index in [2.05, 4.69) is 25.3 Å². The number of nitrogens with zero attached hydrogens (tertiary/aromatic N) is 2. The Morgan fingerprint density at radius 1 is 1.35 bits per heavy atom. The summed E-state index contributed by atoms with van der Waals surface area (Å²) in [6, 6.07) is 1.39. The van der Waals surface area contributed by atoms with Gasteiger partial charge in [-0.2, -0.15) is 4.98 Å². The van der Waals surface area contributed by atoms with E-state index in [0.717, 1.165) is 5.69 Å². The van der Waals surface area contributed by atoms with Crippen molar-refractivity contribution in [3.8, 4) is 0 Å². The lowest BCUT2D eigenvalue weighted by Crippen LogP contribution is -2.31. The lowest BCUT2D eigenvalue weighted by molar-refractivity contribution is 0.0928. The van der Waals surface area contributed by atoms with Gasteiger partial charge < -0.3 is 15.3 Å². The van der Waals surface area contributed by atoms with Gasteiger partial charge in [0, 0.05) is 17.6 Å². The van der Waals surface area contributed by atoms with Gasteiger partial charge in [-0.3, -0.25) is 4.79 Å². The number of imidazole rings is 1. The maximum Gasteiger partial charge on any atom is 0.345 e. The minimum absolute atomic E-state index is 0.131. The number of aromatic nitrogens is 4. The Hall–Kier alpha value is -2.44. The number of carbonyl (C=O) groups is 1. The first-order chi connectivity index (χ1) is 10.9. The third kappa shape index (κ3) is 4.51. The first-order valence-electron chi connectivity index (χ1n) is 7.81. The highest BCUT2D eigenvalue weighted by molar-refractivity contribution is 5.92. The van der Waals surface area contributed by atoms with Gasteiger partial charge >= 0.3 is 5.69 Å². The van der Waals surface area contributed by atoms with Crippen molar-refractivity contribution >= 4 is 5.91 Å². The highest BCUT2D eigenvalue weighted by Gasteiger charge is 2.18. The van der Waals surface area contributed by atoms with Crippen LogP contribution < -0.4 is 11.0 Å². The van der Waals surface area contributed by atoms with E-state index in [1.807, 2.05) is 27.7 Å². The molecule has 0 saturated heterocycles. The number of hydrogen-bond donors (Lipinski definition) is 3. The van der Waals surface area contributed by atoms with E-state index in [9.17, 15) is 9.59 Å². The van der Waals surface area contributed by atoms with Crippen LogP contribution in [0.2, 0.25) is 0 Å². The summed E-state index contributed by atoms with van der Waals surface area (Å²) in [5.41, 5.74) is 1.27. The first kappa shape index (κ1) is 16.9. The number of amides is 1. The van der Waals surface area contributed by atoms with Crippen LogP contribution in [0.15, 0.2) is 17.1 Å². The fourth-order valence-electron chi connectivity index (χ4n) is 2.38. The van der Waals surface area contributed by atoms with Gasteiger partial charge in [0.15, 0.2) is 0 Å². The molecule has 2 aromatic heterocycles. The number of aryl methyl sites for hydroxylation is 1. The molecule has 0 bridgehead atoms. The monoisotopic (exact) mass is 317 g/mol. The summed E-state index contributed by atoms with van der Waals surface area (Å²) in [4.78, 5) is 37.9. The van der Waals surface area contributed by atoms with Crippen molar-refractivity contribution in [2.75, 3.05) is 0 Å². The molecule has 0 aliphatic heterocycles. The van der Waals surface area contributed by atoms with E-state index < -0.39 is 5.69 Å². The highest BCUT2D eigenvalue weighted by atomic mass is 16.2. The zero-order valence-electron chi connectivity index (χ0n) is 13.9. The molecule has 2 heterocycles. The van der Waals surface area contributed by atoms with Gasteiger partial charge in [0.1, 0.15) is 11.5 Å². The molecule has 0 unspecified atom stereocenters. The number of nitrogens with one attached hydrogen (secondary N) is 3. The van der Waals surface area contributed by atoms with Crippen LogP contribution in [0.5, 0.6) is 0 Å². The smallest absolute Gasteiger partial charge is 0.344 e. The molecule has 7 heteroatoms. The second-order valence-electron chi connectivity index (χ2n) is 6.08. The number of H-pyrrole nitrogens is 2. The second kappa shape index (κ2) is 7.21. The molecule has 0 aromatic carbocycles. The topological polar surface area (TPSA) is 104 Å². The van der Waals surface area contributed by atoms with Crippen molar-refractivity contribution in [2.24, 2.45) is 5.92 Å². The Morgan fingerprint density at radius 3 is 2.65 bits per heavy atom. The van der Waals surface area contributed by atoms with Crippen LogP contribution in [0.3, 0.4) is 0 Å². The summed E-state index contributed by atoms with van der Waals surface area (Å²) >= 11 is 0. The Morgan fingerprint density at radius 2 is 2.09 bits per heavy atom. The largest absolute Gasteiger partial charge is 0.345 e. The molecule has 7 nitrogen and oxygen atoms in total. The van der Waals surface area contributed by atoms with Crippen LogP contribution in [-0.4, -0.2) is 25.8 Å². The molecule has 0 radical (unpaired) electrons. The second-order valence-corrected chi connectivity index (χ2v) is 6.08. The van der Waals surface area contributed by atoms with Gasteiger partial charge in [-0.15, -0.1) is 0 Å². The van der Waals surface area contributed by atoms with Crippen LogP contribution in [0.4, 0.5) is 0 Å². The molecule has 3 N–H and O–H groups in total. The zero-order valence-corrected chi connectivity index (χ0v) is 13.9. The van der Waals surface area contributed by atoms with E-state index in [1.54, 1.807) is 12.3 Å². The standard InChI is InChI=1S/C16H23N5O2/c1-5-12(14-17-8-10(4)18-14)20-15(22)13-7-11(6-9(2)3)19-16(23)21-13/h7-9,12H,5-6H2,1-4H3,(H,17,18)(H,20,22)(H,19,21,23)/t12-/m1/s1. The van der Waals surface area contributed by atoms with Gasteiger partial charge in [-0.1, -0.05) is 20.8 Å². The molecular formula is C16H23N5O2. The van der Waals surface area contributed by atoms with E-state index >= 15 is 0 Å². The average Bonchev–Trinajstić information content (AvgIpc) is 2.89. The highest BCUT2D eigenvalue weighted by Crippen LogP contribution is 2.14. The van der Waals surface area contributed by atoms with Crippen molar-refractivity contribution in [2.45, 2.75) is 46.6 Å². The molecule has 2 aromatic rings. The quantitative estimate of drug-likeness (QED) is 0.756. The molecule has 124 valence electrons.